The third kappa shape index (κ3) is 3.82. The number of likely N-dealkylation sites (N-methyl/N-ethyl adjacent to an activating group) is 1. The van der Waals surface area contributed by atoms with Gasteiger partial charge in [-0.3, -0.25) is 0 Å². The summed E-state index contributed by atoms with van der Waals surface area (Å²) in [6.07, 6.45) is 0.870. The first-order chi connectivity index (χ1) is 9.51. The molecule has 0 radical (unpaired) electrons. The Bertz CT molecular complexity index is 578. The number of hydrogen-bond acceptors (Lipinski definition) is 3. The molecule has 108 valence electrons. The maximum absolute atomic E-state index is 6.38. The molecule has 0 fully saturated rings. The number of nitrogens with zero attached hydrogens (tertiary/aromatic N) is 1. The molecule has 0 amide bonds. The van der Waals surface area contributed by atoms with Crippen molar-refractivity contribution in [3.05, 3.63) is 48.8 Å². The van der Waals surface area contributed by atoms with Crippen molar-refractivity contribution < 1.29 is 0 Å². The highest BCUT2D eigenvalue weighted by Crippen LogP contribution is 2.30. The topological polar surface area (TPSA) is 24.9 Å². The highest BCUT2D eigenvalue weighted by Gasteiger charge is 2.17. The van der Waals surface area contributed by atoms with E-state index in [1.165, 1.54) is 4.88 Å². The Morgan fingerprint density at radius 3 is 2.70 bits per heavy atom. The monoisotopic (exact) mass is 372 g/mol. The molecule has 1 N–H and O–H groups in total. The summed E-state index contributed by atoms with van der Waals surface area (Å²) in [6, 6.07) is 6.25. The molecule has 0 aliphatic heterocycles. The van der Waals surface area contributed by atoms with E-state index in [4.69, 9.17) is 11.6 Å². The van der Waals surface area contributed by atoms with Crippen LogP contribution < -0.4 is 5.32 Å². The van der Waals surface area contributed by atoms with Gasteiger partial charge in [0, 0.05) is 26.8 Å². The predicted molar refractivity (Wildman–Crippen MR) is 90.9 cm³/mol. The summed E-state index contributed by atoms with van der Waals surface area (Å²) in [4.78, 5) is 5.92. The van der Waals surface area contributed by atoms with Gasteiger partial charge in [-0.05, 0) is 38.1 Å². The summed E-state index contributed by atoms with van der Waals surface area (Å²) in [5.41, 5.74) is 2.25. The number of rotatable bonds is 5. The Hall–Kier alpha value is -0.420. The zero-order chi connectivity index (χ0) is 14.7. The Kier molecular flexibility index (Phi) is 5.61. The van der Waals surface area contributed by atoms with Crippen molar-refractivity contribution in [3.63, 3.8) is 0 Å². The van der Waals surface area contributed by atoms with Crippen molar-refractivity contribution in [3.8, 4) is 0 Å². The number of hydrogen-bond donors (Lipinski definition) is 1. The van der Waals surface area contributed by atoms with Gasteiger partial charge in [-0.1, -0.05) is 40.5 Å². The van der Waals surface area contributed by atoms with Crippen LogP contribution in [0.1, 0.15) is 34.1 Å². The van der Waals surface area contributed by atoms with Gasteiger partial charge >= 0.3 is 0 Å². The third-order valence-electron chi connectivity index (χ3n) is 3.24. The van der Waals surface area contributed by atoms with Gasteiger partial charge in [0.05, 0.1) is 10.7 Å². The van der Waals surface area contributed by atoms with E-state index >= 15 is 0 Å². The van der Waals surface area contributed by atoms with Crippen LogP contribution in [0.3, 0.4) is 0 Å². The Balaban J connectivity index is 2.26. The quantitative estimate of drug-likeness (QED) is 0.791. The highest BCUT2D eigenvalue weighted by atomic mass is 79.9. The highest BCUT2D eigenvalue weighted by molar-refractivity contribution is 9.10. The van der Waals surface area contributed by atoms with Crippen molar-refractivity contribution in [1.29, 1.82) is 0 Å². The Morgan fingerprint density at radius 1 is 1.40 bits per heavy atom. The lowest BCUT2D eigenvalue weighted by atomic mass is 10.0. The molecule has 1 heterocycles. The fourth-order valence-corrected chi connectivity index (χ4v) is 3.91. The lowest BCUT2D eigenvalue weighted by molar-refractivity contribution is 0.548. The van der Waals surface area contributed by atoms with Crippen LogP contribution in [0.4, 0.5) is 0 Å². The SMILES string of the molecule is CCNC(Cc1nc(C)c(C)s1)c1ccc(Br)cc1Cl. The molecular formula is C15H18BrClN2S. The molecule has 0 bridgehead atoms. The minimum Gasteiger partial charge on any atom is -0.310 e. The van der Waals surface area contributed by atoms with Crippen molar-refractivity contribution in [2.75, 3.05) is 6.54 Å². The number of halogens is 2. The van der Waals surface area contributed by atoms with Gasteiger partial charge in [-0.15, -0.1) is 11.3 Å². The van der Waals surface area contributed by atoms with Crippen LogP contribution >= 0.6 is 38.9 Å². The molecule has 2 rings (SSSR count). The van der Waals surface area contributed by atoms with E-state index in [9.17, 15) is 0 Å². The number of aromatic nitrogens is 1. The first kappa shape index (κ1) is 16.0. The smallest absolute Gasteiger partial charge is 0.0949 e. The third-order valence-corrected chi connectivity index (χ3v) is 5.16. The second-order valence-corrected chi connectivity index (χ2v) is 7.34. The summed E-state index contributed by atoms with van der Waals surface area (Å²) in [6.45, 7) is 7.19. The van der Waals surface area contributed by atoms with E-state index in [0.29, 0.717) is 0 Å². The van der Waals surface area contributed by atoms with Crippen molar-refractivity contribution in [1.82, 2.24) is 10.3 Å². The van der Waals surface area contributed by atoms with Gasteiger partial charge in [-0.2, -0.15) is 0 Å². The summed E-state index contributed by atoms with van der Waals surface area (Å²) >= 11 is 11.6. The van der Waals surface area contributed by atoms with Crippen LogP contribution in [0, 0.1) is 13.8 Å². The zero-order valence-electron chi connectivity index (χ0n) is 11.8. The minimum atomic E-state index is 0.200. The minimum absolute atomic E-state index is 0.200. The maximum Gasteiger partial charge on any atom is 0.0949 e. The number of benzene rings is 1. The molecule has 0 saturated heterocycles. The van der Waals surface area contributed by atoms with E-state index in [1.54, 1.807) is 11.3 Å². The fraction of sp³-hybridized carbons (Fsp3) is 0.400. The lowest BCUT2D eigenvalue weighted by Gasteiger charge is -2.18. The molecule has 20 heavy (non-hydrogen) atoms. The maximum atomic E-state index is 6.38. The van der Waals surface area contributed by atoms with Crippen molar-refractivity contribution in [2.45, 2.75) is 33.2 Å². The van der Waals surface area contributed by atoms with Gasteiger partial charge in [0.25, 0.3) is 0 Å². The van der Waals surface area contributed by atoms with Crippen molar-refractivity contribution >= 4 is 38.9 Å². The average Bonchev–Trinajstić information content (AvgIpc) is 2.68. The second kappa shape index (κ2) is 7.03. The number of nitrogens with one attached hydrogen (secondary N) is 1. The van der Waals surface area contributed by atoms with Gasteiger partial charge in [0.15, 0.2) is 0 Å². The van der Waals surface area contributed by atoms with Crippen LogP contribution in [0.15, 0.2) is 22.7 Å². The molecule has 1 aromatic carbocycles. The second-order valence-electron chi connectivity index (χ2n) is 4.73. The molecule has 1 atom stereocenters. The van der Waals surface area contributed by atoms with E-state index in [-0.39, 0.29) is 6.04 Å². The standard InChI is InChI=1S/C15H18BrClN2S/c1-4-18-14(8-15-19-9(2)10(3)20-15)12-6-5-11(16)7-13(12)17/h5-7,14,18H,4,8H2,1-3H3. The molecule has 2 nitrogen and oxygen atoms in total. The summed E-state index contributed by atoms with van der Waals surface area (Å²) in [7, 11) is 0. The molecule has 0 saturated carbocycles. The summed E-state index contributed by atoms with van der Waals surface area (Å²) < 4.78 is 1.00. The molecular weight excluding hydrogens is 356 g/mol. The molecule has 0 aliphatic carbocycles. The normalized spacial score (nSPS) is 12.7. The van der Waals surface area contributed by atoms with Gasteiger partial charge in [0.2, 0.25) is 0 Å². The van der Waals surface area contributed by atoms with Crippen molar-refractivity contribution in [2.24, 2.45) is 0 Å². The van der Waals surface area contributed by atoms with E-state index in [1.807, 2.05) is 12.1 Å². The van der Waals surface area contributed by atoms with Crippen LogP contribution in [-0.2, 0) is 6.42 Å². The van der Waals surface area contributed by atoms with Crippen LogP contribution in [0.5, 0.6) is 0 Å². The molecule has 0 spiro atoms. The van der Waals surface area contributed by atoms with Gasteiger partial charge in [0.1, 0.15) is 0 Å². The zero-order valence-corrected chi connectivity index (χ0v) is 15.0. The molecule has 0 aliphatic rings. The fourth-order valence-electron chi connectivity index (χ4n) is 2.12. The lowest BCUT2D eigenvalue weighted by Crippen LogP contribution is -2.23. The summed E-state index contributed by atoms with van der Waals surface area (Å²) in [5, 5.41) is 5.45. The average molecular weight is 374 g/mol. The van der Waals surface area contributed by atoms with E-state index in [2.05, 4.69) is 53.1 Å². The molecule has 1 unspecified atom stereocenters. The number of aryl methyl sites for hydroxylation is 2. The first-order valence-corrected chi connectivity index (χ1v) is 8.61. The van der Waals surface area contributed by atoms with Gasteiger partial charge in [-0.25, -0.2) is 4.98 Å². The molecule has 1 aromatic heterocycles. The van der Waals surface area contributed by atoms with Crippen LogP contribution in [0.2, 0.25) is 5.02 Å². The predicted octanol–water partition coefficient (Wildman–Crippen LogP) is 5.07. The summed E-state index contributed by atoms with van der Waals surface area (Å²) in [5.74, 6) is 0. The van der Waals surface area contributed by atoms with E-state index in [0.717, 1.165) is 38.7 Å². The Labute approximate surface area is 137 Å². The number of thiazole rings is 1. The molecule has 5 heteroatoms. The van der Waals surface area contributed by atoms with Crippen LogP contribution in [0.25, 0.3) is 0 Å². The van der Waals surface area contributed by atoms with Gasteiger partial charge < -0.3 is 5.32 Å². The Morgan fingerprint density at radius 2 is 2.15 bits per heavy atom. The van der Waals surface area contributed by atoms with Crippen LogP contribution in [-0.4, -0.2) is 11.5 Å². The van der Waals surface area contributed by atoms with E-state index < -0.39 is 0 Å². The largest absolute Gasteiger partial charge is 0.310 e. The first-order valence-electron chi connectivity index (χ1n) is 6.62. The molecule has 2 aromatic rings.